The number of anilines is 1. The quantitative estimate of drug-likeness (QED) is 0.571. The van der Waals surface area contributed by atoms with Gasteiger partial charge in [-0.1, -0.05) is 11.6 Å². The molecular weight excluding hydrogens is 268 g/mol. The molecule has 6 nitrogen and oxygen atoms in total. The first-order chi connectivity index (χ1) is 9.20. The lowest BCUT2D eigenvalue weighted by atomic mass is 10.0. The Bertz CT molecular complexity index is 449. The van der Waals surface area contributed by atoms with Gasteiger partial charge in [0.05, 0.1) is 10.6 Å². The Kier molecular flexibility index (Phi) is 4.95. The molecule has 1 aromatic heterocycles. The molecule has 4 N–H and O–H groups in total. The number of hydrogen-bond donors (Lipinski definition) is 3. The molecule has 0 saturated carbocycles. The molecule has 1 aliphatic heterocycles. The number of pyridine rings is 1. The Hall–Kier alpha value is -1.37. The third kappa shape index (κ3) is 3.79. The summed E-state index contributed by atoms with van der Waals surface area (Å²) < 4.78 is 5.27. The molecule has 2 heterocycles. The summed E-state index contributed by atoms with van der Waals surface area (Å²) in [5.74, 6) is 5.87. The molecule has 0 radical (unpaired) electrons. The summed E-state index contributed by atoms with van der Waals surface area (Å²) in [6.45, 7) is 2.19. The molecule has 0 aromatic carbocycles. The minimum Gasteiger partial charge on any atom is -0.381 e. The first kappa shape index (κ1) is 14.0. The molecule has 7 heteroatoms. The van der Waals surface area contributed by atoms with Crippen molar-refractivity contribution in [1.29, 1.82) is 0 Å². The molecule has 1 fully saturated rings. The van der Waals surface area contributed by atoms with E-state index in [1.54, 1.807) is 6.07 Å². The number of ether oxygens (including phenoxy) is 1. The van der Waals surface area contributed by atoms with Crippen molar-refractivity contribution in [2.75, 3.05) is 25.2 Å². The maximum absolute atomic E-state index is 11.9. The molecule has 1 amide bonds. The summed E-state index contributed by atoms with van der Waals surface area (Å²) in [4.78, 5) is 15.9. The minimum absolute atomic E-state index is 0.176. The Morgan fingerprint density at radius 2 is 2.26 bits per heavy atom. The molecule has 1 aliphatic rings. The summed E-state index contributed by atoms with van der Waals surface area (Å²) in [5.41, 5.74) is 2.78. The highest BCUT2D eigenvalue weighted by atomic mass is 35.5. The number of nitrogens with one attached hydrogen (secondary N) is 2. The maximum Gasteiger partial charge on any atom is 0.252 e. The van der Waals surface area contributed by atoms with Crippen molar-refractivity contribution in [3.8, 4) is 0 Å². The van der Waals surface area contributed by atoms with E-state index in [9.17, 15) is 4.79 Å². The Morgan fingerprint density at radius 3 is 2.89 bits per heavy atom. The van der Waals surface area contributed by atoms with Gasteiger partial charge < -0.3 is 15.5 Å². The van der Waals surface area contributed by atoms with Gasteiger partial charge in [0.15, 0.2) is 5.82 Å². The van der Waals surface area contributed by atoms with Gasteiger partial charge in [-0.25, -0.2) is 10.8 Å². The Labute approximate surface area is 116 Å². The summed E-state index contributed by atoms with van der Waals surface area (Å²) >= 11 is 5.92. The number of halogens is 1. The molecule has 0 spiro atoms. The number of hydrogen-bond acceptors (Lipinski definition) is 5. The number of carbonyl (C=O) groups is 1. The van der Waals surface area contributed by atoms with Crippen LogP contribution in [0.25, 0.3) is 0 Å². The number of hydrazine groups is 1. The van der Waals surface area contributed by atoms with Gasteiger partial charge in [0, 0.05) is 26.0 Å². The van der Waals surface area contributed by atoms with Crippen molar-refractivity contribution in [2.45, 2.75) is 12.8 Å². The number of aromatic nitrogens is 1. The van der Waals surface area contributed by atoms with Crippen LogP contribution in [-0.2, 0) is 4.74 Å². The predicted octanol–water partition coefficient (Wildman–Crippen LogP) is 1.18. The van der Waals surface area contributed by atoms with Crippen LogP contribution in [-0.4, -0.2) is 30.6 Å². The van der Waals surface area contributed by atoms with Crippen LogP contribution in [0.4, 0.5) is 5.82 Å². The van der Waals surface area contributed by atoms with Crippen molar-refractivity contribution in [3.05, 3.63) is 22.8 Å². The van der Waals surface area contributed by atoms with E-state index in [4.69, 9.17) is 22.2 Å². The van der Waals surface area contributed by atoms with E-state index < -0.39 is 0 Å². The molecule has 0 atom stereocenters. The van der Waals surface area contributed by atoms with Gasteiger partial charge in [0.25, 0.3) is 5.91 Å². The highest BCUT2D eigenvalue weighted by Gasteiger charge is 2.16. The highest BCUT2D eigenvalue weighted by Crippen LogP contribution is 2.19. The lowest BCUT2D eigenvalue weighted by molar-refractivity contribution is 0.0642. The third-order valence-electron chi connectivity index (χ3n) is 3.13. The summed E-state index contributed by atoms with van der Waals surface area (Å²) in [5, 5.41) is 3.21. The van der Waals surface area contributed by atoms with Crippen molar-refractivity contribution in [3.63, 3.8) is 0 Å². The second kappa shape index (κ2) is 6.70. The first-order valence-electron chi connectivity index (χ1n) is 6.19. The first-order valence-corrected chi connectivity index (χ1v) is 6.56. The van der Waals surface area contributed by atoms with Gasteiger partial charge in [0.1, 0.15) is 0 Å². The molecular formula is C12H17ClN4O2. The van der Waals surface area contributed by atoms with E-state index in [2.05, 4.69) is 15.7 Å². The van der Waals surface area contributed by atoms with E-state index in [-0.39, 0.29) is 5.91 Å². The zero-order valence-electron chi connectivity index (χ0n) is 10.5. The van der Waals surface area contributed by atoms with E-state index in [1.807, 2.05) is 0 Å². The van der Waals surface area contributed by atoms with Gasteiger partial charge in [-0.15, -0.1) is 0 Å². The van der Waals surface area contributed by atoms with Crippen LogP contribution in [0.1, 0.15) is 23.2 Å². The minimum atomic E-state index is -0.176. The molecule has 0 bridgehead atoms. The van der Waals surface area contributed by atoms with Crippen LogP contribution in [0.3, 0.4) is 0 Å². The lowest BCUT2D eigenvalue weighted by Gasteiger charge is -2.22. The van der Waals surface area contributed by atoms with Crippen LogP contribution >= 0.6 is 11.6 Å². The molecule has 1 aromatic rings. The largest absolute Gasteiger partial charge is 0.381 e. The number of nitrogen functional groups attached to an aromatic ring is 1. The fourth-order valence-electron chi connectivity index (χ4n) is 1.96. The van der Waals surface area contributed by atoms with Gasteiger partial charge in [-0.2, -0.15) is 0 Å². The van der Waals surface area contributed by atoms with E-state index in [0.29, 0.717) is 28.9 Å². The molecule has 2 rings (SSSR count). The van der Waals surface area contributed by atoms with Gasteiger partial charge in [-0.3, -0.25) is 4.79 Å². The average Bonchev–Trinajstić information content (AvgIpc) is 2.45. The summed E-state index contributed by atoms with van der Waals surface area (Å²) in [6, 6.07) is 1.54. The molecule has 19 heavy (non-hydrogen) atoms. The van der Waals surface area contributed by atoms with Crippen LogP contribution in [0.5, 0.6) is 0 Å². The zero-order valence-corrected chi connectivity index (χ0v) is 11.2. The summed E-state index contributed by atoms with van der Waals surface area (Å²) in [7, 11) is 0. The fourth-order valence-corrected chi connectivity index (χ4v) is 2.18. The van der Waals surface area contributed by atoms with Crippen LogP contribution in [0.15, 0.2) is 12.3 Å². The zero-order chi connectivity index (χ0) is 13.7. The maximum atomic E-state index is 11.9. The molecule has 0 unspecified atom stereocenters. The predicted molar refractivity (Wildman–Crippen MR) is 72.9 cm³/mol. The summed E-state index contributed by atoms with van der Waals surface area (Å²) in [6.07, 6.45) is 3.41. The lowest BCUT2D eigenvalue weighted by Crippen LogP contribution is -2.32. The van der Waals surface area contributed by atoms with Gasteiger partial charge in [-0.05, 0) is 24.8 Å². The molecule has 104 valence electrons. The standard InChI is InChI=1S/C12H17ClN4O2/c13-10-5-9(7-15-11(10)17-14)12(18)16-6-8-1-3-19-4-2-8/h5,7-8H,1-4,6,14H2,(H,15,17)(H,16,18). The van der Waals surface area contributed by atoms with Crippen LogP contribution in [0.2, 0.25) is 5.02 Å². The van der Waals surface area contributed by atoms with Crippen molar-refractivity contribution in [1.82, 2.24) is 10.3 Å². The van der Waals surface area contributed by atoms with Crippen LogP contribution in [0, 0.1) is 5.92 Å². The number of nitrogens with two attached hydrogens (primary N) is 1. The Morgan fingerprint density at radius 1 is 1.53 bits per heavy atom. The highest BCUT2D eigenvalue weighted by molar-refractivity contribution is 6.33. The normalized spacial score (nSPS) is 16.1. The van der Waals surface area contributed by atoms with Crippen molar-refractivity contribution in [2.24, 2.45) is 11.8 Å². The number of carbonyl (C=O) groups excluding carboxylic acids is 1. The second-order valence-electron chi connectivity index (χ2n) is 4.46. The number of amides is 1. The number of rotatable bonds is 4. The second-order valence-corrected chi connectivity index (χ2v) is 4.87. The topological polar surface area (TPSA) is 89.3 Å². The Balaban J connectivity index is 1.90. The van der Waals surface area contributed by atoms with Crippen LogP contribution < -0.4 is 16.6 Å². The van der Waals surface area contributed by atoms with E-state index >= 15 is 0 Å². The van der Waals surface area contributed by atoms with E-state index in [0.717, 1.165) is 26.1 Å². The molecule has 1 saturated heterocycles. The van der Waals surface area contributed by atoms with Crippen molar-refractivity contribution < 1.29 is 9.53 Å². The van der Waals surface area contributed by atoms with E-state index in [1.165, 1.54) is 6.20 Å². The average molecular weight is 285 g/mol. The third-order valence-corrected chi connectivity index (χ3v) is 3.42. The monoisotopic (exact) mass is 284 g/mol. The smallest absolute Gasteiger partial charge is 0.252 e. The van der Waals surface area contributed by atoms with Crippen molar-refractivity contribution >= 4 is 23.3 Å². The van der Waals surface area contributed by atoms with Gasteiger partial charge >= 0.3 is 0 Å². The SMILES string of the molecule is NNc1ncc(C(=O)NCC2CCOCC2)cc1Cl. The fraction of sp³-hybridized carbons (Fsp3) is 0.500. The molecule has 0 aliphatic carbocycles. The van der Waals surface area contributed by atoms with Gasteiger partial charge in [0.2, 0.25) is 0 Å². The number of nitrogens with zero attached hydrogens (tertiary/aromatic N) is 1.